The SMILES string of the molecule is Cc1cc(C)c(C)[n+](F)c1C. The summed E-state index contributed by atoms with van der Waals surface area (Å²) in [6, 6.07) is 2.00. The van der Waals surface area contributed by atoms with Gasteiger partial charge in [0.2, 0.25) is 11.4 Å². The van der Waals surface area contributed by atoms with Gasteiger partial charge in [0.15, 0.2) is 0 Å². The molecule has 0 radical (unpaired) electrons. The Morgan fingerprint density at radius 1 is 1.00 bits per heavy atom. The summed E-state index contributed by atoms with van der Waals surface area (Å²) in [6.45, 7) is 7.39. The Kier molecular flexibility index (Phi) is 1.94. The summed E-state index contributed by atoms with van der Waals surface area (Å²) in [6.07, 6.45) is 0. The van der Waals surface area contributed by atoms with E-state index in [1.807, 2.05) is 19.9 Å². The molecule has 1 aromatic heterocycles. The van der Waals surface area contributed by atoms with E-state index in [9.17, 15) is 4.48 Å². The largest absolute Gasteiger partial charge is 0.230 e. The van der Waals surface area contributed by atoms with Crippen LogP contribution >= 0.6 is 0 Å². The first-order chi connectivity index (χ1) is 5.04. The highest BCUT2D eigenvalue weighted by Gasteiger charge is 2.15. The van der Waals surface area contributed by atoms with Crippen molar-refractivity contribution in [3.63, 3.8) is 0 Å². The second kappa shape index (κ2) is 2.61. The minimum Gasteiger partial charge on any atom is -0.0436 e. The molecule has 0 fully saturated rings. The van der Waals surface area contributed by atoms with Gasteiger partial charge in [-0.2, -0.15) is 0 Å². The van der Waals surface area contributed by atoms with Crippen LogP contribution in [0.2, 0.25) is 0 Å². The van der Waals surface area contributed by atoms with Crippen LogP contribution in [0.15, 0.2) is 6.07 Å². The fourth-order valence-electron chi connectivity index (χ4n) is 1.09. The summed E-state index contributed by atoms with van der Waals surface area (Å²) < 4.78 is 13.2. The molecule has 2 heteroatoms. The zero-order valence-corrected chi connectivity index (χ0v) is 7.40. The smallest absolute Gasteiger partial charge is 0.0436 e. The van der Waals surface area contributed by atoms with E-state index in [1.54, 1.807) is 13.8 Å². The third-order valence-electron chi connectivity index (χ3n) is 2.16. The topological polar surface area (TPSA) is 3.88 Å². The summed E-state index contributed by atoms with van der Waals surface area (Å²) >= 11 is 0. The molecule has 1 heterocycles. The molecule has 0 atom stereocenters. The molecule has 0 aromatic carbocycles. The van der Waals surface area contributed by atoms with Gasteiger partial charge in [-0.15, -0.1) is 0 Å². The van der Waals surface area contributed by atoms with E-state index in [1.165, 1.54) is 0 Å². The second-order valence-electron chi connectivity index (χ2n) is 2.96. The highest BCUT2D eigenvalue weighted by molar-refractivity contribution is 5.22. The van der Waals surface area contributed by atoms with Crippen LogP contribution in [0.25, 0.3) is 0 Å². The molecule has 0 bridgehead atoms. The Morgan fingerprint density at radius 3 is 1.73 bits per heavy atom. The average Bonchev–Trinajstić information content (AvgIpc) is 1.97. The van der Waals surface area contributed by atoms with E-state index < -0.39 is 0 Å². The van der Waals surface area contributed by atoms with Gasteiger partial charge in [0, 0.05) is 29.8 Å². The number of pyridine rings is 1. The Hall–Kier alpha value is -0.920. The molecule has 0 saturated carbocycles. The average molecular weight is 154 g/mol. The summed E-state index contributed by atoms with van der Waals surface area (Å²) in [5, 5.41) is 0. The van der Waals surface area contributed by atoms with Gasteiger partial charge in [-0.1, -0.05) is 0 Å². The van der Waals surface area contributed by atoms with Crippen molar-refractivity contribution in [2.24, 2.45) is 0 Å². The predicted octanol–water partition coefficient (Wildman–Crippen LogP) is 1.94. The zero-order chi connectivity index (χ0) is 8.59. The Bertz CT molecular complexity index is 266. The Morgan fingerprint density at radius 2 is 1.36 bits per heavy atom. The van der Waals surface area contributed by atoms with Crippen LogP contribution in [0.4, 0.5) is 4.48 Å². The Balaban J connectivity index is 3.46. The van der Waals surface area contributed by atoms with Crippen molar-refractivity contribution in [1.82, 2.24) is 0 Å². The number of hydrogen-bond donors (Lipinski definition) is 0. The van der Waals surface area contributed by atoms with E-state index in [-0.39, 0.29) is 0 Å². The molecule has 0 amide bonds. The normalized spacial score (nSPS) is 10.3. The highest BCUT2D eigenvalue weighted by atomic mass is 19.2. The van der Waals surface area contributed by atoms with Gasteiger partial charge in [-0.3, -0.25) is 0 Å². The monoisotopic (exact) mass is 154 g/mol. The first-order valence-electron chi connectivity index (χ1n) is 3.69. The quantitative estimate of drug-likeness (QED) is 0.537. The summed E-state index contributed by atoms with van der Waals surface area (Å²) in [7, 11) is 0. The lowest BCUT2D eigenvalue weighted by atomic mass is 10.1. The lowest BCUT2D eigenvalue weighted by Gasteiger charge is -1.98. The van der Waals surface area contributed by atoms with Crippen LogP contribution in [0.1, 0.15) is 22.5 Å². The van der Waals surface area contributed by atoms with Crippen LogP contribution < -0.4 is 4.79 Å². The molecule has 0 saturated heterocycles. The van der Waals surface area contributed by atoms with Crippen molar-refractivity contribution in [3.05, 3.63) is 28.6 Å². The maximum Gasteiger partial charge on any atom is 0.230 e. The lowest BCUT2D eigenvalue weighted by molar-refractivity contribution is -0.853. The summed E-state index contributed by atoms with van der Waals surface area (Å²) in [4.78, 5) is 0.741. The molecule has 0 unspecified atom stereocenters. The number of halogens is 1. The van der Waals surface area contributed by atoms with Crippen LogP contribution in [0.3, 0.4) is 0 Å². The van der Waals surface area contributed by atoms with E-state index >= 15 is 0 Å². The standard InChI is InChI=1S/C9H13FN/c1-6-5-7(2)9(4)11(10)8(6)3/h5H,1-4H3/q+1. The van der Waals surface area contributed by atoms with Crippen molar-refractivity contribution >= 4 is 0 Å². The fourth-order valence-corrected chi connectivity index (χ4v) is 1.09. The molecular formula is C9H13FN+. The first-order valence-corrected chi connectivity index (χ1v) is 3.69. The highest BCUT2D eigenvalue weighted by Crippen LogP contribution is 2.08. The number of aromatic nitrogens is 1. The van der Waals surface area contributed by atoms with Crippen LogP contribution in [0.5, 0.6) is 0 Å². The van der Waals surface area contributed by atoms with Gasteiger partial charge in [-0.25, -0.2) is 0 Å². The molecule has 0 spiro atoms. The lowest BCUT2D eigenvalue weighted by Crippen LogP contribution is -2.32. The van der Waals surface area contributed by atoms with Gasteiger partial charge in [0.25, 0.3) is 0 Å². The van der Waals surface area contributed by atoms with Crippen LogP contribution in [-0.2, 0) is 0 Å². The number of nitrogens with zero attached hydrogens (tertiary/aromatic N) is 1. The maximum atomic E-state index is 13.2. The minimum absolute atomic E-state index is 0.688. The van der Waals surface area contributed by atoms with Crippen molar-refractivity contribution in [2.75, 3.05) is 0 Å². The minimum atomic E-state index is 0.688. The molecule has 1 nitrogen and oxygen atoms in total. The zero-order valence-electron chi connectivity index (χ0n) is 7.40. The van der Waals surface area contributed by atoms with Gasteiger partial charge in [0.05, 0.1) is 4.48 Å². The third-order valence-corrected chi connectivity index (χ3v) is 2.16. The molecular weight excluding hydrogens is 141 g/mol. The van der Waals surface area contributed by atoms with E-state index in [0.717, 1.165) is 15.9 Å². The molecule has 11 heavy (non-hydrogen) atoms. The van der Waals surface area contributed by atoms with Gasteiger partial charge in [-0.05, 0) is 19.9 Å². The Labute approximate surface area is 66.4 Å². The van der Waals surface area contributed by atoms with Gasteiger partial charge in [0.1, 0.15) is 0 Å². The molecule has 0 aliphatic rings. The molecule has 1 aromatic rings. The molecule has 1 rings (SSSR count). The van der Waals surface area contributed by atoms with Crippen LogP contribution in [0, 0.1) is 27.7 Å². The van der Waals surface area contributed by atoms with Crippen LogP contribution in [-0.4, -0.2) is 0 Å². The molecule has 60 valence electrons. The van der Waals surface area contributed by atoms with Crippen molar-refractivity contribution in [1.29, 1.82) is 0 Å². The van der Waals surface area contributed by atoms with Gasteiger partial charge < -0.3 is 0 Å². The summed E-state index contributed by atoms with van der Waals surface area (Å²) in [5.74, 6) is 0. The summed E-state index contributed by atoms with van der Waals surface area (Å²) in [5.41, 5.74) is 3.37. The van der Waals surface area contributed by atoms with Gasteiger partial charge >= 0.3 is 0 Å². The third kappa shape index (κ3) is 1.25. The first kappa shape index (κ1) is 8.18. The van der Waals surface area contributed by atoms with E-state index in [2.05, 4.69) is 0 Å². The number of hydrogen-bond acceptors (Lipinski definition) is 0. The van der Waals surface area contributed by atoms with Crippen molar-refractivity contribution in [3.8, 4) is 0 Å². The predicted molar refractivity (Wildman–Crippen MR) is 42.1 cm³/mol. The molecule has 0 aliphatic carbocycles. The van der Waals surface area contributed by atoms with E-state index in [4.69, 9.17) is 0 Å². The molecule has 0 N–H and O–H groups in total. The number of rotatable bonds is 0. The van der Waals surface area contributed by atoms with E-state index in [0.29, 0.717) is 11.4 Å². The second-order valence-corrected chi connectivity index (χ2v) is 2.96. The fraction of sp³-hybridized carbons (Fsp3) is 0.444. The molecule has 0 aliphatic heterocycles. The maximum absolute atomic E-state index is 13.2. The van der Waals surface area contributed by atoms with Crippen molar-refractivity contribution < 1.29 is 9.27 Å². The van der Waals surface area contributed by atoms with Crippen molar-refractivity contribution in [2.45, 2.75) is 27.7 Å². The number of aryl methyl sites for hydroxylation is 2.